The molecule has 0 radical (unpaired) electrons. The van der Waals surface area contributed by atoms with Crippen molar-refractivity contribution in [2.45, 2.75) is 39.5 Å². The van der Waals surface area contributed by atoms with Crippen molar-refractivity contribution in [3.63, 3.8) is 0 Å². The van der Waals surface area contributed by atoms with Crippen molar-refractivity contribution in [1.29, 1.82) is 0 Å². The maximum Gasteiger partial charge on any atom is 0.214 e. The Morgan fingerprint density at radius 3 is 2.57 bits per heavy atom. The first-order valence-corrected chi connectivity index (χ1v) is 7.53. The average Bonchev–Trinajstić information content (AvgIpc) is 2.48. The standard InChI is InChI=1S/C17H21ClN2O/c1-12(2)19-10-15-9-17(20-11-16(15)18)21-13(3)14-7-5-4-6-8-14/h4-9,11-13,19H,10H2,1-3H3. The summed E-state index contributed by atoms with van der Waals surface area (Å²) >= 11 is 6.18. The number of nitrogens with zero attached hydrogens (tertiary/aromatic N) is 1. The molecule has 3 nitrogen and oxygen atoms in total. The van der Waals surface area contributed by atoms with Gasteiger partial charge < -0.3 is 10.1 Å². The number of rotatable bonds is 6. The van der Waals surface area contributed by atoms with Gasteiger partial charge in [0.1, 0.15) is 6.10 Å². The third-order valence-corrected chi connectivity index (χ3v) is 3.52. The molecule has 0 fully saturated rings. The smallest absolute Gasteiger partial charge is 0.214 e. The van der Waals surface area contributed by atoms with Crippen LogP contribution in [0.25, 0.3) is 0 Å². The van der Waals surface area contributed by atoms with E-state index in [1.165, 1.54) is 0 Å². The van der Waals surface area contributed by atoms with Gasteiger partial charge in [-0.2, -0.15) is 0 Å². The first kappa shape index (κ1) is 15.8. The fraction of sp³-hybridized carbons (Fsp3) is 0.353. The van der Waals surface area contributed by atoms with Gasteiger partial charge in [0, 0.05) is 24.8 Å². The van der Waals surface area contributed by atoms with E-state index in [4.69, 9.17) is 16.3 Å². The van der Waals surface area contributed by atoms with E-state index in [2.05, 4.69) is 24.1 Å². The van der Waals surface area contributed by atoms with Crippen molar-refractivity contribution >= 4 is 11.6 Å². The van der Waals surface area contributed by atoms with Gasteiger partial charge in [-0.25, -0.2) is 4.98 Å². The highest BCUT2D eigenvalue weighted by molar-refractivity contribution is 6.31. The maximum atomic E-state index is 6.18. The topological polar surface area (TPSA) is 34.1 Å². The maximum absolute atomic E-state index is 6.18. The fourth-order valence-electron chi connectivity index (χ4n) is 1.95. The number of nitrogens with one attached hydrogen (secondary N) is 1. The van der Waals surface area contributed by atoms with E-state index in [1.807, 2.05) is 43.3 Å². The molecular weight excluding hydrogens is 284 g/mol. The predicted octanol–water partition coefficient (Wildman–Crippen LogP) is 4.37. The van der Waals surface area contributed by atoms with Gasteiger partial charge in [0.15, 0.2) is 0 Å². The highest BCUT2D eigenvalue weighted by Gasteiger charge is 2.10. The lowest BCUT2D eigenvalue weighted by atomic mass is 10.1. The molecule has 0 spiro atoms. The molecular formula is C17H21ClN2O. The summed E-state index contributed by atoms with van der Waals surface area (Å²) in [5, 5.41) is 4.00. The molecule has 0 saturated carbocycles. The minimum atomic E-state index is -0.0502. The van der Waals surface area contributed by atoms with Gasteiger partial charge in [0.05, 0.1) is 5.02 Å². The number of hydrogen-bond donors (Lipinski definition) is 1. The van der Waals surface area contributed by atoms with Crippen LogP contribution in [0.1, 0.15) is 38.0 Å². The zero-order chi connectivity index (χ0) is 15.2. The molecule has 1 heterocycles. The van der Waals surface area contributed by atoms with Gasteiger partial charge >= 0.3 is 0 Å². The minimum absolute atomic E-state index is 0.0502. The molecule has 112 valence electrons. The van der Waals surface area contributed by atoms with Crippen molar-refractivity contribution in [3.8, 4) is 5.88 Å². The minimum Gasteiger partial charge on any atom is -0.470 e. The first-order valence-electron chi connectivity index (χ1n) is 7.15. The second-order valence-electron chi connectivity index (χ2n) is 5.32. The summed E-state index contributed by atoms with van der Waals surface area (Å²) in [6.45, 7) is 6.92. The molecule has 0 saturated heterocycles. The molecule has 0 aliphatic heterocycles. The van der Waals surface area contributed by atoms with Crippen LogP contribution in [0.3, 0.4) is 0 Å². The molecule has 1 aromatic heterocycles. The molecule has 1 N–H and O–H groups in total. The summed E-state index contributed by atoms with van der Waals surface area (Å²) < 4.78 is 5.91. The molecule has 0 aliphatic carbocycles. The summed E-state index contributed by atoms with van der Waals surface area (Å²) in [5.74, 6) is 0.594. The highest BCUT2D eigenvalue weighted by atomic mass is 35.5. The zero-order valence-corrected chi connectivity index (χ0v) is 13.4. The van der Waals surface area contributed by atoms with Gasteiger partial charge in [0.2, 0.25) is 5.88 Å². The number of ether oxygens (including phenoxy) is 1. The molecule has 0 bridgehead atoms. The molecule has 4 heteroatoms. The number of halogens is 1. The van der Waals surface area contributed by atoms with Crippen LogP contribution in [-0.2, 0) is 6.54 Å². The van der Waals surface area contributed by atoms with Crippen LogP contribution in [0.2, 0.25) is 5.02 Å². The van der Waals surface area contributed by atoms with Crippen LogP contribution in [0.4, 0.5) is 0 Å². The molecule has 1 atom stereocenters. The Balaban J connectivity index is 2.08. The highest BCUT2D eigenvalue weighted by Crippen LogP contribution is 2.24. The van der Waals surface area contributed by atoms with Crippen molar-refractivity contribution < 1.29 is 4.74 Å². The fourth-order valence-corrected chi connectivity index (χ4v) is 2.12. The summed E-state index contributed by atoms with van der Waals surface area (Å²) in [6, 6.07) is 12.4. The van der Waals surface area contributed by atoms with Gasteiger partial charge in [-0.05, 0) is 18.1 Å². The third kappa shape index (κ3) is 4.73. The Bertz CT molecular complexity index is 572. The van der Waals surface area contributed by atoms with Gasteiger partial charge in [-0.1, -0.05) is 55.8 Å². The van der Waals surface area contributed by atoms with E-state index < -0.39 is 0 Å². The molecule has 1 unspecified atom stereocenters. The van der Waals surface area contributed by atoms with Crippen molar-refractivity contribution in [2.75, 3.05) is 0 Å². The van der Waals surface area contributed by atoms with E-state index in [0.29, 0.717) is 23.5 Å². The van der Waals surface area contributed by atoms with Crippen molar-refractivity contribution in [2.24, 2.45) is 0 Å². The number of benzene rings is 1. The molecule has 21 heavy (non-hydrogen) atoms. The lowest BCUT2D eigenvalue weighted by Gasteiger charge is -2.16. The second-order valence-corrected chi connectivity index (χ2v) is 5.73. The van der Waals surface area contributed by atoms with Crippen molar-refractivity contribution in [3.05, 3.63) is 58.7 Å². The van der Waals surface area contributed by atoms with Crippen LogP contribution in [0, 0.1) is 0 Å². The summed E-state index contributed by atoms with van der Waals surface area (Å²) in [4.78, 5) is 4.25. The zero-order valence-electron chi connectivity index (χ0n) is 12.6. The van der Waals surface area contributed by atoms with Crippen LogP contribution in [-0.4, -0.2) is 11.0 Å². The van der Waals surface area contributed by atoms with Crippen molar-refractivity contribution in [1.82, 2.24) is 10.3 Å². The van der Waals surface area contributed by atoms with E-state index >= 15 is 0 Å². The van der Waals surface area contributed by atoms with Crippen LogP contribution < -0.4 is 10.1 Å². The largest absolute Gasteiger partial charge is 0.470 e. The van der Waals surface area contributed by atoms with Gasteiger partial charge in [-0.3, -0.25) is 0 Å². The quantitative estimate of drug-likeness (QED) is 0.860. The lowest BCUT2D eigenvalue weighted by molar-refractivity contribution is 0.217. The Hall–Kier alpha value is -1.58. The number of pyridine rings is 1. The van der Waals surface area contributed by atoms with E-state index in [1.54, 1.807) is 6.20 Å². The second kappa shape index (κ2) is 7.43. The van der Waals surface area contributed by atoms with Gasteiger partial charge in [-0.15, -0.1) is 0 Å². The summed E-state index contributed by atoms with van der Waals surface area (Å²) in [7, 11) is 0. The molecule has 0 amide bonds. The van der Waals surface area contributed by atoms with E-state index in [0.717, 1.165) is 11.1 Å². The molecule has 2 rings (SSSR count). The summed E-state index contributed by atoms with van der Waals surface area (Å²) in [5.41, 5.74) is 2.12. The van der Waals surface area contributed by atoms with E-state index in [-0.39, 0.29) is 6.10 Å². The first-order chi connectivity index (χ1) is 10.1. The Morgan fingerprint density at radius 2 is 1.90 bits per heavy atom. The molecule has 0 aliphatic rings. The molecule has 2 aromatic rings. The lowest BCUT2D eigenvalue weighted by Crippen LogP contribution is -2.22. The van der Waals surface area contributed by atoms with E-state index in [9.17, 15) is 0 Å². The van der Waals surface area contributed by atoms with Crippen LogP contribution >= 0.6 is 11.6 Å². The number of aromatic nitrogens is 1. The third-order valence-electron chi connectivity index (χ3n) is 3.18. The predicted molar refractivity (Wildman–Crippen MR) is 86.7 cm³/mol. The SMILES string of the molecule is CC(C)NCc1cc(OC(C)c2ccccc2)ncc1Cl. The normalized spacial score (nSPS) is 12.4. The number of hydrogen-bond acceptors (Lipinski definition) is 3. The van der Waals surface area contributed by atoms with Crippen LogP contribution in [0.5, 0.6) is 5.88 Å². The van der Waals surface area contributed by atoms with Gasteiger partial charge in [0.25, 0.3) is 0 Å². The average molecular weight is 305 g/mol. The Labute approximate surface area is 131 Å². The monoisotopic (exact) mass is 304 g/mol. The van der Waals surface area contributed by atoms with Crippen LogP contribution in [0.15, 0.2) is 42.6 Å². The summed E-state index contributed by atoms with van der Waals surface area (Å²) in [6.07, 6.45) is 1.59. The Morgan fingerprint density at radius 1 is 1.19 bits per heavy atom. The Kier molecular flexibility index (Phi) is 5.59. The molecule has 1 aromatic carbocycles.